The molecule has 0 bridgehead atoms. The first-order chi connectivity index (χ1) is 18.9. The zero-order valence-electron chi connectivity index (χ0n) is 23.4. The number of amides is 3. The van der Waals surface area contributed by atoms with Gasteiger partial charge in [0.15, 0.2) is 0 Å². The topological polar surface area (TPSA) is 110 Å². The first-order valence-electron chi connectivity index (χ1n) is 14.0. The number of carbonyl (C=O) groups is 3. The fraction of sp³-hybridized carbons (Fsp3) is 0.667. The number of hydrogen-bond donors (Lipinski definition) is 1. The van der Waals surface area contributed by atoms with Crippen molar-refractivity contribution in [3.63, 3.8) is 0 Å². The van der Waals surface area contributed by atoms with E-state index in [1.54, 1.807) is 12.1 Å². The number of likely N-dealkylation sites (N-methyl/N-ethyl adjacent to an activating group) is 1. The summed E-state index contributed by atoms with van der Waals surface area (Å²) < 4.78 is 28.3. The lowest BCUT2D eigenvalue weighted by Gasteiger charge is -2.34. The van der Waals surface area contributed by atoms with Crippen molar-refractivity contribution in [3.8, 4) is 0 Å². The average molecular weight is 614 g/mol. The highest BCUT2D eigenvalue weighted by molar-refractivity contribution is 7.92. The molecule has 1 unspecified atom stereocenters. The predicted octanol–water partition coefficient (Wildman–Crippen LogP) is 2.46. The molecule has 0 spiro atoms. The minimum atomic E-state index is -3.85. The van der Waals surface area contributed by atoms with Crippen LogP contribution in [0.3, 0.4) is 0 Å². The summed E-state index contributed by atoms with van der Waals surface area (Å²) in [5, 5.41) is 1.04. The van der Waals surface area contributed by atoms with Crippen LogP contribution in [0, 0.1) is 5.92 Å². The molecule has 4 heterocycles. The normalized spacial score (nSPS) is 24.5. The Hall–Kier alpha value is -1.99. The van der Waals surface area contributed by atoms with Gasteiger partial charge in [-0.05, 0) is 50.3 Å². The van der Waals surface area contributed by atoms with Crippen molar-refractivity contribution in [2.45, 2.75) is 64.1 Å². The standard InChI is InChI=1S/C27H40ClN5O5S2/c1-19(2)26(35)30(3)20-10-14-31(16-20)17-21-6-4-13-33(21)25(34)18-32-12-5-7-23(27(32)36)29-40(37,38)15-11-22-8-9-24(28)39-22/h8-9,11,15,19-21,23,29H,4-7,10,12-14,16-18H2,1-3H3/b15-11+/t20?,21-,23-/m0/s1. The van der Waals surface area contributed by atoms with E-state index >= 15 is 0 Å². The van der Waals surface area contributed by atoms with E-state index in [0.717, 1.165) is 44.3 Å². The van der Waals surface area contributed by atoms with Crippen LogP contribution in [0.4, 0.5) is 0 Å². The van der Waals surface area contributed by atoms with Gasteiger partial charge in [-0.25, -0.2) is 8.42 Å². The number of halogens is 1. The Labute approximate surface area is 246 Å². The summed E-state index contributed by atoms with van der Waals surface area (Å²) in [4.78, 5) is 47.1. The Morgan fingerprint density at radius 1 is 1.18 bits per heavy atom. The predicted molar refractivity (Wildman–Crippen MR) is 157 cm³/mol. The molecule has 3 fully saturated rings. The SMILES string of the molecule is CC(C)C(=O)N(C)C1CCN(C[C@@H]2CCCN2C(=O)CN2CCC[C@H](NS(=O)(=O)/C=C/c3ccc(Cl)s3)C2=O)C1. The molecule has 222 valence electrons. The second-order valence-corrected chi connectivity index (χ2v) is 14.6. The lowest BCUT2D eigenvalue weighted by atomic mass is 10.1. The summed E-state index contributed by atoms with van der Waals surface area (Å²) >= 11 is 7.16. The van der Waals surface area contributed by atoms with Gasteiger partial charge in [0.05, 0.1) is 10.9 Å². The third kappa shape index (κ3) is 7.84. The van der Waals surface area contributed by atoms with Crippen molar-refractivity contribution >= 4 is 56.8 Å². The largest absolute Gasteiger partial charge is 0.341 e. The fourth-order valence-corrected chi connectivity index (χ4v) is 7.88. The van der Waals surface area contributed by atoms with Crippen LogP contribution in [-0.2, 0) is 24.4 Å². The third-order valence-corrected chi connectivity index (χ3v) is 10.3. The minimum Gasteiger partial charge on any atom is -0.341 e. The zero-order valence-corrected chi connectivity index (χ0v) is 25.8. The van der Waals surface area contributed by atoms with Gasteiger partial charge in [-0.3, -0.25) is 19.3 Å². The molecule has 3 aliphatic rings. The van der Waals surface area contributed by atoms with Crippen LogP contribution in [0.5, 0.6) is 0 Å². The van der Waals surface area contributed by atoms with E-state index in [0.29, 0.717) is 35.1 Å². The molecule has 0 aromatic carbocycles. The summed E-state index contributed by atoms with van der Waals surface area (Å²) in [5.74, 6) is -0.347. The van der Waals surface area contributed by atoms with Crippen LogP contribution in [0.25, 0.3) is 6.08 Å². The van der Waals surface area contributed by atoms with Crippen LogP contribution < -0.4 is 4.72 Å². The van der Waals surface area contributed by atoms with Crippen LogP contribution in [-0.4, -0.2) is 110 Å². The summed E-state index contributed by atoms with van der Waals surface area (Å²) in [7, 11) is -1.98. The summed E-state index contributed by atoms with van der Waals surface area (Å²) in [6.07, 6.45) is 5.19. The average Bonchev–Trinajstić information content (AvgIpc) is 3.66. The number of sulfonamides is 1. The fourth-order valence-electron chi connectivity index (χ4n) is 5.81. The maximum atomic E-state index is 13.3. The molecule has 3 aliphatic heterocycles. The number of nitrogens with one attached hydrogen (secondary N) is 1. The summed E-state index contributed by atoms with van der Waals surface area (Å²) in [5.41, 5.74) is 0. The molecule has 3 amide bonds. The molecule has 0 aliphatic carbocycles. The van der Waals surface area contributed by atoms with Crippen LogP contribution in [0.1, 0.15) is 50.8 Å². The van der Waals surface area contributed by atoms with Crippen molar-refractivity contribution in [3.05, 3.63) is 26.8 Å². The molecule has 10 nitrogen and oxygen atoms in total. The summed E-state index contributed by atoms with van der Waals surface area (Å²) in [6, 6.07) is 2.77. The number of thiophene rings is 1. The molecule has 1 N–H and O–H groups in total. The van der Waals surface area contributed by atoms with Gasteiger partial charge in [-0.15, -0.1) is 11.3 Å². The number of carbonyl (C=O) groups excluding carboxylic acids is 3. The third-order valence-electron chi connectivity index (χ3n) is 7.97. The molecule has 0 saturated carbocycles. The van der Waals surface area contributed by atoms with Gasteiger partial charge >= 0.3 is 0 Å². The Bertz CT molecular complexity index is 1220. The molecule has 0 radical (unpaired) electrons. The first kappa shape index (κ1) is 31.0. The number of rotatable bonds is 10. The van der Waals surface area contributed by atoms with Gasteiger partial charge in [0.2, 0.25) is 27.7 Å². The second kappa shape index (κ2) is 13.3. The highest BCUT2D eigenvalue weighted by Crippen LogP contribution is 2.24. The number of nitrogens with zero attached hydrogens (tertiary/aromatic N) is 4. The van der Waals surface area contributed by atoms with Crippen molar-refractivity contribution in [2.24, 2.45) is 5.92 Å². The van der Waals surface area contributed by atoms with Crippen LogP contribution in [0.2, 0.25) is 4.34 Å². The van der Waals surface area contributed by atoms with E-state index < -0.39 is 16.1 Å². The number of piperidine rings is 1. The molecule has 40 heavy (non-hydrogen) atoms. The van der Waals surface area contributed by atoms with Crippen LogP contribution >= 0.6 is 22.9 Å². The van der Waals surface area contributed by atoms with Crippen molar-refractivity contribution in [2.75, 3.05) is 46.3 Å². The van der Waals surface area contributed by atoms with Crippen molar-refractivity contribution < 1.29 is 22.8 Å². The monoisotopic (exact) mass is 613 g/mol. The van der Waals surface area contributed by atoms with Gasteiger partial charge in [0, 0.05) is 68.1 Å². The number of likely N-dealkylation sites (tertiary alicyclic amines) is 3. The Morgan fingerprint density at radius 3 is 2.62 bits per heavy atom. The van der Waals surface area contributed by atoms with Gasteiger partial charge in [-0.1, -0.05) is 25.4 Å². The molecule has 3 saturated heterocycles. The maximum absolute atomic E-state index is 13.3. The van der Waals surface area contributed by atoms with E-state index in [2.05, 4.69) is 9.62 Å². The second-order valence-electron chi connectivity index (χ2n) is 11.3. The number of hydrogen-bond acceptors (Lipinski definition) is 7. The Balaban J connectivity index is 1.29. The smallest absolute Gasteiger partial charge is 0.242 e. The molecule has 4 rings (SSSR count). The maximum Gasteiger partial charge on any atom is 0.242 e. The molecule has 3 atom stereocenters. The lowest BCUT2D eigenvalue weighted by Crippen LogP contribution is -2.55. The van der Waals surface area contributed by atoms with Crippen LogP contribution in [0.15, 0.2) is 17.5 Å². The van der Waals surface area contributed by atoms with E-state index in [9.17, 15) is 22.8 Å². The molecule has 13 heteroatoms. The highest BCUT2D eigenvalue weighted by Gasteiger charge is 2.37. The molecule has 1 aromatic heterocycles. The quantitative estimate of drug-likeness (QED) is 0.434. The summed E-state index contributed by atoms with van der Waals surface area (Å²) in [6.45, 7) is 7.30. The Kier molecular flexibility index (Phi) is 10.3. The molecular formula is C27H40ClN5O5S2. The van der Waals surface area contributed by atoms with E-state index in [1.807, 2.05) is 30.7 Å². The van der Waals surface area contributed by atoms with Gasteiger partial charge in [0.25, 0.3) is 0 Å². The van der Waals surface area contributed by atoms with Crippen molar-refractivity contribution in [1.29, 1.82) is 0 Å². The van der Waals surface area contributed by atoms with E-state index in [-0.39, 0.29) is 42.3 Å². The van der Waals surface area contributed by atoms with Gasteiger partial charge in [-0.2, -0.15) is 4.72 Å². The molecule has 1 aromatic rings. The van der Waals surface area contributed by atoms with Crippen molar-refractivity contribution in [1.82, 2.24) is 24.3 Å². The Morgan fingerprint density at radius 2 is 1.93 bits per heavy atom. The zero-order chi connectivity index (χ0) is 29.0. The van der Waals surface area contributed by atoms with Gasteiger partial charge < -0.3 is 14.7 Å². The van der Waals surface area contributed by atoms with Gasteiger partial charge in [0.1, 0.15) is 6.04 Å². The minimum absolute atomic E-state index is 0.0308. The van der Waals surface area contributed by atoms with E-state index in [1.165, 1.54) is 22.3 Å². The molecular weight excluding hydrogens is 574 g/mol. The lowest BCUT2D eigenvalue weighted by molar-refractivity contribution is -0.143. The highest BCUT2D eigenvalue weighted by atomic mass is 35.5. The first-order valence-corrected chi connectivity index (χ1v) is 16.7. The van der Waals surface area contributed by atoms with E-state index in [4.69, 9.17) is 11.6 Å².